The number of aliphatic carboxylic acids is 1. The van der Waals surface area contributed by atoms with E-state index in [1.165, 1.54) is 12.1 Å². The second-order valence-corrected chi connectivity index (χ2v) is 5.20. The maximum Gasteiger partial charge on any atom is 0.307 e. The fourth-order valence-electron chi connectivity index (χ4n) is 2.43. The van der Waals surface area contributed by atoms with Gasteiger partial charge in [0, 0.05) is 5.92 Å². The van der Waals surface area contributed by atoms with Gasteiger partial charge >= 0.3 is 5.97 Å². The molecule has 1 aliphatic carbocycles. The lowest BCUT2D eigenvalue weighted by Gasteiger charge is -2.03. The van der Waals surface area contributed by atoms with Crippen molar-refractivity contribution in [3.8, 4) is 0 Å². The quantitative estimate of drug-likeness (QED) is 0.864. The normalized spacial score (nSPS) is 26.5. The zero-order chi connectivity index (χ0) is 12.1. The van der Waals surface area contributed by atoms with E-state index in [1.54, 1.807) is 6.07 Å². The number of halogens is 2. The Balaban J connectivity index is 2.33. The maximum absolute atomic E-state index is 13.0. The Kier molecular flexibility index (Phi) is 2.46. The molecule has 0 heterocycles. The third-order valence-electron chi connectivity index (χ3n) is 3.40. The third kappa shape index (κ3) is 1.59. The van der Waals surface area contributed by atoms with E-state index in [4.69, 9.17) is 16.7 Å². The minimum atomic E-state index is -0.810. The largest absolute Gasteiger partial charge is 0.481 e. The Morgan fingerprint density at radius 2 is 2.12 bits per heavy atom. The van der Waals surface area contributed by atoms with Crippen molar-refractivity contribution in [1.82, 2.24) is 0 Å². The summed E-state index contributed by atoms with van der Waals surface area (Å²) in [4.78, 5) is 11.0. The van der Waals surface area contributed by atoms with E-state index in [0.717, 1.165) is 5.56 Å². The summed E-state index contributed by atoms with van der Waals surface area (Å²) < 4.78 is 13.0. The molecule has 0 bridgehead atoms. The number of rotatable bonds is 2. The molecule has 1 N–H and O–H groups in total. The summed E-state index contributed by atoms with van der Waals surface area (Å²) in [5.74, 6) is -1.77. The van der Waals surface area contributed by atoms with Gasteiger partial charge in [-0.3, -0.25) is 4.79 Å². The van der Waals surface area contributed by atoms with Crippen LogP contribution in [0.1, 0.15) is 25.3 Å². The number of carboxylic acid groups (broad SMARTS) is 1. The highest BCUT2D eigenvalue weighted by Gasteiger charge is 2.62. The van der Waals surface area contributed by atoms with Gasteiger partial charge in [0.25, 0.3) is 0 Å². The Morgan fingerprint density at radius 3 is 2.56 bits per heavy atom. The van der Waals surface area contributed by atoms with Gasteiger partial charge in [0.2, 0.25) is 0 Å². The predicted octanol–water partition coefficient (Wildman–Crippen LogP) is 3.30. The molecule has 0 amide bonds. The standard InChI is InChI=1S/C12H12ClFO2/c1-12(2)9(10(12)11(15)16)6-3-4-8(14)7(13)5-6/h3-5,9-10H,1-2H3,(H,15,16)/t9-,10+/m1/s1. The van der Waals surface area contributed by atoms with Crippen LogP contribution in [0.15, 0.2) is 18.2 Å². The van der Waals surface area contributed by atoms with Gasteiger partial charge in [-0.15, -0.1) is 0 Å². The highest BCUT2D eigenvalue weighted by Crippen LogP contribution is 2.64. The first-order chi connectivity index (χ1) is 7.35. The summed E-state index contributed by atoms with van der Waals surface area (Å²) in [5.41, 5.74) is 0.510. The summed E-state index contributed by atoms with van der Waals surface area (Å²) in [6.45, 7) is 3.79. The van der Waals surface area contributed by atoms with Gasteiger partial charge in [-0.05, 0) is 23.1 Å². The highest BCUT2D eigenvalue weighted by atomic mass is 35.5. The minimum absolute atomic E-state index is 0.0457. The molecule has 0 radical (unpaired) electrons. The zero-order valence-electron chi connectivity index (χ0n) is 9.00. The molecule has 16 heavy (non-hydrogen) atoms. The van der Waals surface area contributed by atoms with Gasteiger partial charge in [0.15, 0.2) is 0 Å². The van der Waals surface area contributed by atoms with E-state index < -0.39 is 17.7 Å². The van der Waals surface area contributed by atoms with Crippen molar-refractivity contribution < 1.29 is 14.3 Å². The summed E-state index contributed by atoms with van der Waals surface area (Å²) >= 11 is 5.68. The van der Waals surface area contributed by atoms with Crippen LogP contribution in [-0.2, 0) is 4.79 Å². The molecule has 1 aromatic rings. The van der Waals surface area contributed by atoms with Crippen molar-refractivity contribution in [3.05, 3.63) is 34.6 Å². The molecule has 1 fully saturated rings. The molecule has 2 nitrogen and oxygen atoms in total. The van der Waals surface area contributed by atoms with Crippen molar-refractivity contribution >= 4 is 17.6 Å². The van der Waals surface area contributed by atoms with Gasteiger partial charge in [-0.25, -0.2) is 4.39 Å². The van der Waals surface area contributed by atoms with Crippen LogP contribution >= 0.6 is 11.6 Å². The lowest BCUT2D eigenvalue weighted by atomic mass is 10.0. The fourth-order valence-corrected chi connectivity index (χ4v) is 2.62. The molecule has 0 saturated heterocycles. The number of carbonyl (C=O) groups is 1. The number of hydrogen-bond acceptors (Lipinski definition) is 1. The van der Waals surface area contributed by atoms with E-state index in [9.17, 15) is 9.18 Å². The Morgan fingerprint density at radius 1 is 1.50 bits per heavy atom. The smallest absolute Gasteiger partial charge is 0.307 e. The van der Waals surface area contributed by atoms with Crippen LogP contribution in [0.2, 0.25) is 5.02 Å². The molecule has 4 heteroatoms. The van der Waals surface area contributed by atoms with Crippen molar-refractivity contribution in [2.75, 3.05) is 0 Å². The van der Waals surface area contributed by atoms with E-state index >= 15 is 0 Å². The first kappa shape index (κ1) is 11.4. The first-order valence-electron chi connectivity index (χ1n) is 5.03. The molecular weight excluding hydrogens is 231 g/mol. The molecule has 1 aliphatic rings. The van der Waals surface area contributed by atoms with Gasteiger partial charge in [0.05, 0.1) is 10.9 Å². The molecule has 1 saturated carbocycles. The first-order valence-corrected chi connectivity index (χ1v) is 5.41. The van der Waals surface area contributed by atoms with E-state index in [-0.39, 0.29) is 16.4 Å². The fraction of sp³-hybridized carbons (Fsp3) is 0.417. The van der Waals surface area contributed by atoms with Crippen molar-refractivity contribution in [2.24, 2.45) is 11.3 Å². The van der Waals surface area contributed by atoms with E-state index in [0.29, 0.717) is 0 Å². The molecule has 2 rings (SSSR count). The molecule has 86 valence electrons. The lowest BCUT2D eigenvalue weighted by Crippen LogP contribution is -2.03. The second-order valence-electron chi connectivity index (χ2n) is 4.79. The average molecular weight is 243 g/mol. The molecule has 0 unspecified atom stereocenters. The molecule has 0 aliphatic heterocycles. The topological polar surface area (TPSA) is 37.3 Å². The van der Waals surface area contributed by atoms with Crippen LogP contribution in [0, 0.1) is 17.2 Å². The van der Waals surface area contributed by atoms with Crippen LogP contribution in [0.3, 0.4) is 0 Å². The zero-order valence-corrected chi connectivity index (χ0v) is 9.75. The monoisotopic (exact) mass is 242 g/mol. The maximum atomic E-state index is 13.0. The van der Waals surface area contributed by atoms with Crippen LogP contribution in [0.4, 0.5) is 4.39 Å². The predicted molar refractivity (Wildman–Crippen MR) is 59.1 cm³/mol. The van der Waals surface area contributed by atoms with Crippen molar-refractivity contribution in [1.29, 1.82) is 0 Å². The van der Waals surface area contributed by atoms with Gasteiger partial charge < -0.3 is 5.11 Å². The van der Waals surface area contributed by atoms with E-state index in [1.807, 2.05) is 13.8 Å². The number of carboxylic acids is 1. The van der Waals surface area contributed by atoms with Crippen LogP contribution in [-0.4, -0.2) is 11.1 Å². The Labute approximate surface area is 98.0 Å². The molecule has 1 aromatic carbocycles. The van der Waals surface area contributed by atoms with Crippen LogP contribution in [0.5, 0.6) is 0 Å². The minimum Gasteiger partial charge on any atom is -0.481 e. The highest BCUT2D eigenvalue weighted by molar-refractivity contribution is 6.30. The second kappa shape index (κ2) is 3.45. The number of benzene rings is 1. The van der Waals surface area contributed by atoms with Crippen molar-refractivity contribution in [2.45, 2.75) is 19.8 Å². The summed E-state index contributed by atoms with van der Waals surface area (Å²) in [7, 11) is 0. The number of hydrogen-bond donors (Lipinski definition) is 1. The third-order valence-corrected chi connectivity index (χ3v) is 3.69. The molecule has 0 spiro atoms. The average Bonchev–Trinajstić information content (AvgIpc) is 2.74. The Bertz CT molecular complexity index is 456. The van der Waals surface area contributed by atoms with Gasteiger partial charge in [-0.1, -0.05) is 31.5 Å². The van der Waals surface area contributed by atoms with Gasteiger partial charge in [0.1, 0.15) is 5.82 Å². The van der Waals surface area contributed by atoms with Crippen LogP contribution < -0.4 is 0 Å². The van der Waals surface area contributed by atoms with Crippen LogP contribution in [0.25, 0.3) is 0 Å². The summed E-state index contributed by atoms with van der Waals surface area (Å²) in [5, 5.41) is 9.08. The Hall–Kier alpha value is -1.09. The molecular formula is C12H12ClFO2. The lowest BCUT2D eigenvalue weighted by molar-refractivity contribution is -0.139. The molecule has 2 atom stereocenters. The van der Waals surface area contributed by atoms with Gasteiger partial charge in [-0.2, -0.15) is 0 Å². The SMILES string of the molecule is CC1(C)[C@H](C(=O)O)[C@H]1c1ccc(F)c(Cl)c1. The molecule has 0 aromatic heterocycles. The van der Waals surface area contributed by atoms with Crippen molar-refractivity contribution in [3.63, 3.8) is 0 Å². The van der Waals surface area contributed by atoms with E-state index in [2.05, 4.69) is 0 Å². The summed E-state index contributed by atoms with van der Waals surface area (Å²) in [6, 6.07) is 4.41. The summed E-state index contributed by atoms with van der Waals surface area (Å²) in [6.07, 6.45) is 0.